The van der Waals surface area contributed by atoms with Crippen LogP contribution in [0, 0.1) is 5.82 Å². The van der Waals surface area contributed by atoms with Gasteiger partial charge in [0.25, 0.3) is 0 Å². The molecule has 2 atom stereocenters. The lowest BCUT2D eigenvalue weighted by molar-refractivity contribution is -0.150. The topological polar surface area (TPSA) is 84.9 Å². The number of hydrogen-bond donors (Lipinski definition) is 1. The molecule has 2 heterocycles. The van der Waals surface area contributed by atoms with E-state index in [0.717, 1.165) is 0 Å². The van der Waals surface area contributed by atoms with Crippen LogP contribution < -0.4 is 0 Å². The Labute approximate surface area is 141 Å². The minimum atomic E-state index is -1.47. The number of benzene rings is 1. The van der Waals surface area contributed by atoms with Gasteiger partial charge in [0.1, 0.15) is 16.8 Å². The maximum Gasteiger partial charge on any atom is 0.340 e. The first-order chi connectivity index (χ1) is 11.6. The maximum absolute atomic E-state index is 13.3. The Hall–Kier alpha value is -2.19. The second kappa shape index (κ2) is 6.74. The van der Waals surface area contributed by atoms with Crippen LogP contribution in [0.3, 0.4) is 0 Å². The van der Waals surface area contributed by atoms with Crippen LogP contribution in [0.25, 0.3) is 0 Å². The summed E-state index contributed by atoms with van der Waals surface area (Å²) >= 11 is 1.20. The molecule has 0 saturated carbocycles. The van der Waals surface area contributed by atoms with Gasteiger partial charge in [-0.15, -0.1) is 0 Å². The van der Waals surface area contributed by atoms with Crippen molar-refractivity contribution in [3.8, 4) is 0 Å². The van der Waals surface area contributed by atoms with E-state index in [4.69, 9.17) is 9.15 Å². The fourth-order valence-corrected chi connectivity index (χ4v) is 3.86. The number of carbonyl (C=O) groups is 1. The van der Waals surface area contributed by atoms with Crippen molar-refractivity contribution >= 4 is 22.8 Å². The summed E-state index contributed by atoms with van der Waals surface area (Å²) in [7, 11) is 0. The van der Waals surface area contributed by atoms with E-state index in [9.17, 15) is 14.3 Å². The lowest BCUT2D eigenvalue weighted by atomic mass is 9.85. The molecular formula is C16H15FN2O4S. The van der Waals surface area contributed by atoms with Crippen molar-refractivity contribution in [3.05, 3.63) is 54.0 Å². The standard InChI is InChI=1S/C16H15FN2O4S/c1-2-22-15(21)16(10-3-5-11(17)6-4-10)14(12-7-18-9-23-12)24-13(8-20)19-16/h3-7,9,14,20H,2,8H2,1H3. The first kappa shape index (κ1) is 16.7. The molecule has 0 fully saturated rings. The Morgan fingerprint density at radius 2 is 2.21 bits per heavy atom. The van der Waals surface area contributed by atoms with Crippen LogP contribution in [-0.2, 0) is 15.1 Å². The summed E-state index contributed by atoms with van der Waals surface area (Å²) in [5.74, 6) is -0.593. The van der Waals surface area contributed by atoms with Crippen molar-refractivity contribution in [1.82, 2.24) is 4.98 Å². The predicted molar refractivity (Wildman–Crippen MR) is 86.1 cm³/mol. The molecule has 3 rings (SSSR count). The van der Waals surface area contributed by atoms with Crippen LogP contribution in [0.2, 0.25) is 0 Å². The van der Waals surface area contributed by atoms with Gasteiger partial charge < -0.3 is 14.3 Å². The highest BCUT2D eigenvalue weighted by Gasteiger charge is 2.55. The normalized spacial score (nSPS) is 23.1. The number of aromatic nitrogens is 1. The minimum absolute atomic E-state index is 0.166. The molecule has 1 aromatic carbocycles. The molecule has 0 saturated heterocycles. The molecular weight excluding hydrogens is 335 g/mol. The van der Waals surface area contributed by atoms with E-state index < -0.39 is 22.6 Å². The van der Waals surface area contributed by atoms with Crippen LogP contribution in [-0.4, -0.2) is 34.3 Å². The van der Waals surface area contributed by atoms with Crippen molar-refractivity contribution in [3.63, 3.8) is 0 Å². The number of aliphatic hydroxyl groups excluding tert-OH is 1. The molecule has 2 unspecified atom stereocenters. The zero-order valence-electron chi connectivity index (χ0n) is 12.8. The lowest BCUT2D eigenvalue weighted by Gasteiger charge is -2.29. The van der Waals surface area contributed by atoms with Crippen molar-refractivity contribution in [2.45, 2.75) is 17.7 Å². The largest absolute Gasteiger partial charge is 0.464 e. The van der Waals surface area contributed by atoms with Crippen LogP contribution in [0.4, 0.5) is 4.39 Å². The van der Waals surface area contributed by atoms with E-state index in [1.54, 1.807) is 6.92 Å². The summed E-state index contributed by atoms with van der Waals surface area (Å²) in [5, 5.41) is 9.27. The van der Waals surface area contributed by atoms with Gasteiger partial charge in [-0.05, 0) is 24.6 Å². The third-order valence-corrected chi connectivity index (χ3v) is 4.95. The molecule has 24 heavy (non-hydrogen) atoms. The number of oxazole rings is 1. The number of esters is 1. The monoisotopic (exact) mass is 350 g/mol. The molecule has 0 bridgehead atoms. The van der Waals surface area contributed by atoms with Crippen molar-refractivity contribution in [1.29, 1.82) is 0 Å². The van der Waals surface area contributed by atoms with Crippen LogP contribution in [0.1, 0.15) is 23.5 Å². The molecule has 1 aliphatic rings. The van der Waals surface area contributed by atoms with Gasteiger partial charge in [0, 0.05) is 0 Å². The molecule has 0 aliphatic carbocycles. The number of rotatable bonds is 5. The molecule has 0 radical (unpaired) electrons. The summed E-state index contributed by atoms with van der Waals surface area (Å²) in [4.78, 5) is 21.2. The molecule has 8 heteroatoms. The molecule has 1 N–H and O–H groups in total. The van der Waals surface area contributed by atoms with Gasteiger partial charge in [0.2, 0.25) is 5.54 Å². The third-order valence-electron chi connectivity index (χ3n) is 3.65. The predicted octanol–water partition coefficient (Wildman–Crippen LogP) is 2.45. The number of carbonyl (C=O) groups excluding carboxylic acids is 1. The number of nitrogens with zero attached hydrogens (tertiary/aromatic N) is 2. The average molecular weight is 350 g/mol. The Kier molecular flexibility index (Phi) is 4.68. The van der Waals surface area contributed by atoms with Gasteiger partial charge in [-0.1, -0.05) is 23.9 Å². The second-order valence-corrected chi connectivity index (χ2v) is 6.24. The van der Waals surface area contributed by atoms with Gasteiger partial charge in [0.05, 0.1) is 24.5 Å². The molecule has 126 valence electrons. The second-order valence-electron chi connectivity index (χ2n) is 5.06. The molecule has 1 aliphatic heterocycles. The summed E-state index contributed by atoms with van der Waals surface area (Å²) in [6.07, 6.45) is 2.75. The summed E-state index contributed by atoms with van der Waals surface area (Å²) < 4.78 is 23.9. The number of aliphatic hydroxyl groups is 1. The third kappa shape index (κ3) is 2.71. The SMILES string of the molecule is CCOC(=O)C1(c2ccc(F)cc2)N=C(CO)SC1c1cnco1. The smallest absolute Gasteiger partial charge is 0.340 e. The molecule has 0 amide bonds. The fraction of sp³-hybridized carbons (Fsp3) is 0.312. The van der Waals surface area contributed by atoms with Gasteiger partial charge >= 0.3 is 5.97 Å². The van der Waals surface area contributed by atoms with Gasteiger partial charge in [-0.25, -0.2) is 14.2 Å². The van der Waals surface area contributed by atoms with Gasteiger partial charge in [-0.3, -0.25) is 4.99 Å². The van der Waals surface area contributed by atoms with Crippen LogP contribution >= 0.6 is 11.8 Å². The molecule has 2 aromatic rings. The number of hydrogen-bond acceptors (Lipinski definition) is 7. The number of ether oxygens (including phenoxy) is 1. The zero-order valence-corrected chi connectivity index (χ0v) is 13.6. The summed E-state index contributed by atoms with van der Waals surface area (Å²) in [5.41, 5.74) is -1.01. The quantitative estimate of drug-likeness (QED) is 0.834. The van der Waals surface area contributed by atoms with Crippen LogP contribution in [0.5, 0.6) is 0 Å². The van der Waals surface area contributed by atoms with Crippen molar-refractivity contribution in [2.75, 3.05) is 13.2 Å². The average Bonchev–Trinajstić information content (AvgIpc) is 3.23. The van der Waals surface area contributed by atoms with Gasteiger partial charge in [-0.2, -0.15) is 0 Å². The number of thioether (sulfide) groups is 1. The Balaban J connectivity index is 2.18. The molecule has 6 nitrogen and oxygen atoms in total. The first-order valence-electron chi connectivity index (χ1n) is 7.29. The molecule has 1 aromatic heterocycles. The summed E-state index contributed by atoms with van der Waals surface area (Å²) in [6.45, 7) is 1.54. The highest BCUT2D eigenvalue weighted by Crippen LogP contribution is 2.53. The lowest BCUT2D eigenvalue weighted by Crippen LogP contribution is -2.38. The zero-order chi connectivity index (χ0) is 17.2. The highest BCUT2D eigenvalue weighted by atomic mass is 32.2. The van der Waals surface area contributed by atoms with Crippen molar-refractivity contribution in [2.24, 2.45) is 4.99 Å². The number of aliphatic imine (C=N–C) groups is 1. The highest BCUT2D eigenvalue weighted by molar-refractivity contribution is 8.14. The fourth-order valence-electron chi connectivity index (χ4n) is 2.63. The summed E-state index contributed by atoms with van der Waals surface area (Å²) in [6, 6.07) is 5.48. The van der Waals surface area contributed by atoms with E-state index in [2.05, 4.69) is 9.98 Å². The first-order valence-corrected chi connectivity index (χ1v) is 8.17. The van der Waals surface area contributed by atoms with E-state index in [-0.39, 0.29) is 13.2 Å². The minimum Gasteiger partial charge on any atom is -0.464 e. The Morgan fingerprint density at radius 1 is 1.46 bits per heavy atom. The van der Waals surface area contributed by atoms with E-state index in [1.807, 2.05) is 0 Å². The van der Waals surface area contributed by atoms with E-state index in [1.165, 1.54) is 48.6 Å². The Bertz CT molecular complexity index is 748. The Morgan fingerprint density at radius 3 is 2.79 bits per heavy atom. The maximum atomic E-state index is 13.3. The molecule has 0 spiro atoms. The van der Waals surface area contributed by atoms with Crippen molar-refractivity contribution < 1.29 is 23.4 Å². The van der Waals surface area contributed by atoms with E-state index >= 15 is 0 Å². The van der Waals surface area contributed by atoms with E-state index in [0.29, 0.717) is 16.4 Å². The van der Waals surface area contributed by atoms with Crippen LogP contribution in [0.15, 0.2) is 46.3 Å². The number of halogens is 1. The van der Waals surface area contributed by atoms with Gasteiger partial charge in [0.15, 0.2) is 6.39 Å².